The van der Waals surface area contributed by atoms with Gasteiger partial charge in [-0.2, -0.15) is 5.23 Å². The summed E-state index contributed by atoms with van der Waals surface area (Å²) in [4.78, 5) is 34.4. The Morgan fingerprint density at radius 2 is 1.78 bits per heavy atom. The highest BCUT2D eigenvalue weighted by Gasteiger charge is 2.48. The molecule has 0 radical (unpaired) electrons. The lowest BCUT2D eigenvalue weighted by atomic mass is 9.86. The molecular weight excluding hydrogens is 472 g/mol. The zero-order valence-corrected chi connectivity index (χ0v) is 20.2. The normalized spacial score (nSPS) is 20.1. The first-order valence-electron chi connectivity index (χ1n) is 12.1. The van der Waals surface area contributed by atoms with Crippen molar-refractivity contribution in [2.24, 2.45) is 0 Å². The fourth-order valence-corrected chi connectivity index (χ4v) is 5.65. The lowest BCUT2D eigenvalue weighted by Gasteiger charge is -2.47. The van der Waals surface area contributed by atoms with Crippen molar-refractivity contribution >= 4 is 28.4 Å². The number of methoxy groups -OCH3 is 1. The van der Waals surface area contributed by atoms with Gasteiger partial charge in [0.05, 0.1) is 13.2 Å². The van der Waals surface area contributed by atoms with Crippen LogP contribution in [-0.2, 0) is 22.6 Å². The van der Waals surface area contributed by atoms with E-state index in [4.69, 9.17) is 4.74 Å². The van der Waals surface area contributed by atoms with Crippen LogP contribution in [-0.4, -0.2) is 51.5 Å². The van der Waals surface area contributed by atoms with E-state index in [1.807, 2.05) is 48.5 Å². The third kappa shape index (κ3) is 3.84. The minimum absolute atomic E-state index is 0.0490. The number of ether oxygens (including phenoxy) is 1. The quantitative estimate of drug-likeness (QED) is 0.366. The van der Waals surface area contributed by atoms with Crippen LogP contribution in [0.15, 0.2) is 72.8 Å². The van der Waals surface area contributed by atoms with Gasteiger partial charge in [0, 0.05) is 47.3 Å². The van der Waals surface area contributed by atoms with Gasteiger partial charge >= 0.3 is 0 Å². The molecule has 0 bridgehead atoms. The molecule has 0 aliphatic carbocycles. The Kier molecular flexibility index (Phi) is 5.68. The van der Waals surface area contributed by atoms with Crippen LogP contribution in [0.3, 0.4) is 0 Å². The summed E-state index contributed by atoms with van der Waals surface area (Å²) in [5, 5.41) is 20.8. The standard InChI is InChI=1S/C28H26N4O5/c1-37-24-9-5-2-6-18(24)15-30-16-25(33)31-23(28(30)34)14-21-20-7-3-4-8-22(20)29-26(21)27(31)17-10-12-19(13-11-17)32(35)36/h2-13,23,27,29,32,35H,14-16H2,1H3/t23-,27?/m0/s1. The van der Waals surface area contributed by atoms with E-state index >= 15 is 0 Å². The molecule has 2 unspecified atom stereocenters. The first-order valence-corrected chi connectivity index (χ1v) is 12.1. The fourth-order valence-electron chi connectivity index (χ4n) is 5.65. The highest BCUT2D eigenvalue weighted by atomic mass is 16.8. The number of nitrogens with zero attached hydrogens (tertiary/aromatic N) is 2. The van der Waals surface area contributed by atoms with Crippen molar-refractivity contribution in [3.8, 4) is 5.75 Å². The summed E-state index contributed by atoms with van der Waals surface area (Å²) in [6.07, 6.45) is 0.399. The molecule has 9 nitrogen and oxygen atoms in total. The van der Waals surface area contributed by atoms with Gasteiger partial charge in [-0.1, -0.05) is 48.5 Å². The van der Waals surface area contributed by atoms with E-state index in [2.05, 4.69) is 4.98 Å². The number of amides is 2. The first kappa shape index (κ1) is 23.2. The highest BCUT2D eigenvalue weighted by molar-refractivity contribution is 5.97. The number of benzene rings is 3. The van der Waals surface area contributed by atoms with E-state index in [1.54, 1.807) is 29.0 Å². The molecule has 1 aromatic heterocycles. The second kappa shape index (κ2) is 9.04. The molecule has 2 amide bonds. The third-order valence-corrected chi connectivity index (χ3v) is 7.37. The zero-order valence-electron chi connectivity index (χ0n) is 20.2. The molecule has 37 heavy (non-hydrogen) atoms. The van der Waals surface area contributed by atoms with Gasteiger partial charge < -0.3 is 24.7 Å². The number of piperazine rings is 1. The lowest BCUT2D eigenvalue weighted by molar-refractivity contribution is -0.991. The Balaban J connectivity index is 1.43. The van der Waals surface area contributed by atoms with Gasteiger partial charge in [-0.25, -0.2) is 5.21 Å². The minimum Gasteiger partial charge on any atom is -0.595 e. The third-order valence-electron chi connectivity index (χ3n) is 7.37. The van der Waals surface area contributed by atoms with Crippen LogP contribution >= 0.6 is 0 Å². The van der Waals surface area contributed by atoms with Crippen LogP contribution in [0.25, 0.3) is 10.9 Å². The Bertz CT molecular complexity index is 1500. The van der Waals surface area contributed by atoms with Crippen LogP contribution in [0, 0.1) is 5.21 Å². The summed E-state index contributed by atoms with van der Waals surface area (Å²) in [6, 6.07) is 20.7. The van der Waals surface area contributed by atoms with Crippen molar-refractivity contribution in [2.75, 3.05) is 13.7 Å². The number of carbonyl (C=O) groups is 2. The summed E-state index contributed by atoms with van der Waals surface area (Å²) in [7, 11) is 1.59. The Labute approximate surface area is 213 Å². The molecule has 3 N–H and O–H groups in total. The second-order valence-electron chi connectivity index (χ2n) is 9.42. The van der Waals surface area contributed by atoms with Crippen LogP contribution < -0.4 is 9.96 Å². The maximum Gasteiger partial charge on any atom is 0.246 e. The molecule has 188 valence electrons. The Morgan fingerprint density at radius 1 is 1.05 bits per heavy atom. The number of aromatic amines is 1. The molecule has 1 saturated heterocycles. The van der Waals surface area contributed by atoms with Gasteiger partial charge in [0.2, 0.25) is 11.8 Å². The predicted molar refractivity (Wildman–Crippen MR) is 135 cm³/mol. The number of H-pyrrole nitrogens is 1. The lowest BCUT2D eigenvalue weighted by Crippen LogP contribution is -2.99. The van der Waals surface area contributed by atoms with Gasteiger partial charge in [-0.15, -0.1) is 0 Å². The van der Waals surface area contributed by atoms with Gasteiger partial charge in [-0.3, -0.25) is 9.59 Å². The van der Waals surface area contributed by atoms with Crippen molar-refractivity contribution < 1.29 is 24.8 Å². The minimum atomic E-state index is -1.02. The molecule has 4 aromatic rings. The number of carbonyl (C=O) groups excluding carboxylic acids is 2. The summed E-state index contributed by atoms with van der Waals surface area (Å²) >= 11 is 0. The van der Waals surface area contributed by atoms with E-state index in [0.717, 1.165) is 33.3 Å². The van der Waals surface area contributed by atoms with Crippen molar-refractivity contribution in [3.05, 3.63) is 100 Å². The molecule has 1 fully saturated rings. The number of para-hydroxylation sites is 2. The number of fused-ring (bicyclic) bond motifs is 4. The molecular formula is C28H26N4O5. The van der Waals surface area contributed by atoms with Crippen LogP contribution in [0.2, 0.25) is 0 Å². The van der Waals surface area contributed by atoms with Crippen molar-refractivity contribution in [1.82, 2.24) is 14.8 Å². The van der Waals surface area contributed by atoms with Crippen molar-refractivity contribution in [3.63, 3.8) is 0 Å². The van der Waals surface area contributed by atoms with E-state index in [9.17, 15) is 20.0 Å². The summed E-state index contributed by atoms with van der Waals surface area (Å²) < 4.78 is 5.46. The highest BCUT2D eigenvalue weighted by Crippen LogP contribution is 2.42. The van der Waals surface area contributed by atoms with Crippen LogP contribution in [0.4, 0.5) is 5.69 Å². The van der Waals surface area contributed by atoms with E-state index < -0.39 is 17.3 Å². The van der Waals surface area contributed by atoms with Gasteiger partial charge in [-0.05, 0) is 23.3 Å². The average molecular weight is 499 g/mol. The van der Waals surface area contributed by atoms with E-state index in [0.29, 0.717) is 12.2 Å². The van der Waals surface area contributed by atoms with Gasteiger partial charge in [0.1, 0.15) is 18.3 Å². The number of aromatic nitrogens is 1. The molecule has 3 aromatic carbocycles. The largest absolute Gasteiger partial charge is 0.595 e. The first-order chi connectivity index (χ1) is 18.0. The molecule has 0 spiro atoms. The summed E-state index contributed by atoms with van der Waals surface area (Å²) in [6.45, 7) is 0.226. The average Bonchev–Trinajstić information content (AvgIpc) is 3.29. The van der Waals surface area contributed by atoms with Crippen LogP contribution in [0.5, 0.6) is 5.75 Å². The topological polar surface area (TPSA) is 113 Å². The maximum absolute atomic E-state index is 13.9. The number of hydrogen-bond donors (Lipinski definition) is 3. The summed E-state index contributed by atoms with van der Waals surface area (Å²) in [5.41, 5.74) is 4.55. The number of quaternary nitrogens is 1. The van der Waals surface area contributed by atoms with Crippen molar-refractivity contribution in [2.45, 2.75) is 25.0 Å². The molecule has 2 aliphatic rings. The molecule has 6 rings (SSSR count). The van der Waals surface area contributed by atoms with Gasteiger partial charge in [0.15, 0.2) is 5.69 Å². The second-order valence-corrected chi connectivity index (χ2v) is 9.42. The number of rotatable bonds is 5. The molecule has 3 heterocycles. The van der Waals surface area contributed by atoms with E-state index in [-0.39, 0.29) is 30.6 Å². The van der Waals surface area contributed by atoms with Crippen LogP contribution in [0.1, 0.15) is 28.4 Å². The van der Waals surface area contributed by atoms with Crippen molar-refractivity contribution in [1.29, 1.82) is 0 Å². The summed E-state index contributed by atoms with van der Waals surface area (Å²) in [5.74, 6) is 0.397. The monoisotopic (exact) mass is 498 g/mol. The number of nitrogens with one attached hydrogen (secondary N) is 2. The molecule has 0 saturated carbocycles. The molecule has 9 heteroatoms. The Hall–Kier alpha value is -4.18. The van der Waals surface area contributed by atoms with E-state index in [1.165, 1.54) is 12.1 Å². The number of hydrogen-bond acceptors (Lipinski definition) is 5. The molecule has 3 atom stereocenters. The maximum atomic E-state index is 13.9. The smallest absolute Gasteiger partial charge is 0.246 e. The Morgan fingerprint density at radius 3 is 2.54 bits per heavy atom. The zero-order chi connectivity index (χ0) is 25.7. The van der Waals surface area contributed by atoms with Gasteiger partial charge in [0.25, 0.3) is 0 Å². The fraction of sp³-hybridized carbons (Fsp3) is 0.214. The SMILES string of the molecule is COc1ccccc1CN1CC(=O)N2C(c3ccc([NH+]([O-])O)cc3)c3[nH]c4ccccc4c3C[C@H]2C1=O. The predicted octanol–water partition coefficient (Wildman–Crippen LogP) is 2.47. The molecule has 2 aliphatic heterocycles.